The molecule has 2 aromatic heterocycles. The van der Waals surface area contributed by atoms with Crippen LogP contribution in [0.15, 0.2) is 18.3 Å². The van der Waals surface area contributed by atoms with E-state index in [4.69, 9.17) is 0 Å². The number of halogens is 1. The summed E-state index contributed by atoms with van der Waals surface area (Å²) >= 11 is 0. The fraction of sp³-hybridized carbons (Fsp3) is 0.455. The van der Waals surface area contributed by atoms with Gasteiger partial charge in [0.25, 0.3) is 0 Å². The Balaban J connectivity index is 2.14. The van der Waals surface area contributed by atoms with Crippen LogP contribution in [0.5, 0.6) is 0 Å². The second-order valence-electron chi connectivity index (χ2n) is 3.91. The van der Waals surface area contributed by atoms with Crippen LogP contribution in [0.2, 0.25) is 0 Å². The third-order valence-electron chi connectivity index (χ3n) is 2.49. The van der Waals surface area contributed by atoms with Crippen LogP contribution in [0.4, 0.5) is 4.39 Å². The van der Waals surface area contributed by atoms with E-state index in [0.29, 0.717) is 12.2 Å². The van der Waals surface area contributed by atoms with Crippen molar-refractivity contribution in [2.75, 3.05) is 6.54 Å². The number of nitrogens with zero attached hydrogens (tertiary/aromatic N) is 5. The Morgan fingerprint density at radius 2 is 2.28 bits per heavy atom. The molecule has 18 heavy (non-hydrogen) atoms. The van der Waals surface area contributed by atoms with E-state index in [1.54, 1.807) is 13.1 Å². The molecule has 0 spiro atoms. The van der Waals surface area contributed by atoms with Crippen molar-refractivity contribution in [1.29, 1.82) is 0 Å². The molecule has 0 amide bonds. The molecule has 0 saturated carbocycles. The molecule has 2 rings (SSSR count). The smallest absolute Gasteiger partial charge is 0.176 e. The van der Waals surface area contributed by atoms with Crippen molar-refractivity contribution < 1.29 is 4.39 Å². The molecule has 96 valence electrons. The van der Waals surface area contributed by atoms with E-state index in [0.717, 1.165) is 12.2 Å². The summed E-state index contributed by atoms with van der Waals surface area (Å²) in [5, 5.41) is 15.1. The number of likely N-dealkylation sites (N-methyl/N-ethyl adjacent to an activating group) is 1. The van der Waals surface area contributed by atoms with Crippen LogP contribution >= 0.6 is 0 Å². The first-order chi connectivity index (χ1) is 8.69. The highest BCUT2D eigenvalue weighted by Gasteiger charge is 2.15. The minimum Gasteiger partial charge on any atom is -0.309 e. The first kappa shape index (κ1) is 12.6. The predicted octanol–water partition coefficient (Wildman–Crippen LogP) is 0.637. The van der Waals surface area contributed by atoms with Gasteiger partial charge in [-0.1, -0.05) is 6.92 Å². The molecular formula is C11H15FN6. The summed E-state index contributed by atoms with van der Waals surface area (Å²) in [6.07, 6.45) is 1.78. The van der Waals surface area contributed by atoms with Gasteiger partial charge in [0.1, 0.15) is 5.82 Å². The number of tetrazole rings is 1. The molecule has 1 N–H and O–H groups in total. The molecule has 0 bridgehead atoms. The van der Waals surface area contributed by atoms with Crippen LogP contribution in [0, 0.1) is 5.82 Å². The van der Waals surface area contributed by atoms with Crippen LogP contribution in [0.1, 0.15) is 24.5 Å². The molecule has 0 fully saturated rings. The molecule has 0 aliphatic carbocycles. The van der Waals surface area contributed by atoms with Crippen LogP contribution in [-0.2, 0) is 13.5 Å². The summed E-state index contributed by atoms with van der Waals surface area (Å²) in [5.41, 5.74) is 0.769. The van der Waals surface area contributed by atoms with E-state index in [1.165, 1.54) is 17.1 Å². The van der Waals surface area contributed by atoms with Crippen LogP contribution in [0.25, 0.3) is 0 Å². The van der Waals surface area contributed by atoms with Crippen molar-refractivity contribution in [3.05, 3.63) is 35.7 Å². The number of pyridine rings is 1. The maximum Gasteiger partial charge on any atom is 0.176 e. The Labute approximate surface area is 104 Å². The van der Waals surface area contributed by atoms with Gasteiger partial charge in [-0.2, -0.15) is 4.80 Å². The van der Waals surface area contributed by atoms with Crippen molar-refractivity contribution in [1.82, 2.24) is 30.5 Å². The lowest BCUT2D eigenvalue weighted by Crippen LogP contribution is -2.24. The summed E-state index contributed by atoms with van der Waals surface area (Å²) in [5.74, 6) is 0.293. The number of hydrogen-bond donors (Lipinski definition) is 1. The Morgan fingerprint density at radius 1 is 1.44 bits per heavy atom. The monoisotopic (exact) mass is 250 g/mol. The van der Waals surface area contributed by atoms with E-state index >= 15 is 0 Å². The van der Waals surface area contributed by atoms with Crippen molar-refractivity contribution in [2.24, 2.45) is 7.05 Å². The van der Waals surface area contributed by atoms with Crippen LogP contribution < -0.4 is 5.32 Å². The second kappa shape index (κ2) is 5.63. The normalized spacial score (nSPS) is 12.6. The standard InChI is InChI=1S/C11H15FN6/c1-3-13-10(6-11-15-17-18(2)16-11)9-5-4-8(12)7-14-9/h4-5,7,10,13H,3,6H2,1-2H3. The van der Waals surface area contributed by atoms with E-state index in [2.05, 4.69) is 25.7 Å². The highest BCUT2D eigenvalue weighted by Crippen LogP contribution is 2.14. The number of aryl methyl sites for hydroxylation is 1. The second-order valence-corrected chi connectivity index (χ2v) is 3.91. The Hall–Kier alpha value is -1.89. The molecule has 7 heteroatoms. The van der Waals surface area contributed by atoms with Gasteiger partial charge in [-0.3, -0.25) is 4.98 Å². The summed E-state index contributed by atoms with van der Waals surface area (Å²) in [6, 6.07) is 3.02. The first-order valence-corrected chi connectivity index (χ1v) is 5.76. The van der Waals surface area contributed by atoms with Crippen molar-refractivity contribution in [3.8, 4) is 0 Å². The molecule has 2 heterocycles. The lowest BCUT2D eigenvalue weighted by Gasteiger charge is -2.15. The minimum atomic E-state index is -0.341. The van der Waals surface area contributed by atoms with Crippen molar-refractivity contribution in [3.63, 3.8) is 0 Å². The summed E-state index contributed by atoms with van der Waals surface area (Å²) in [6.45, 7) is 2.78. The van der Waals surface area contributed by atoms with Gasteiger partial charge in [0.2, 0.25) is 0 Å². The van der Waals surface area contributed by atoms with Gasteiger partial charge in [0.05, 0.1) is 25.0 Å². The number of hydrogen-bond acceptors (Lipinski definition) is 5. The van der Waals surface area contributed by atoms with Crippen LogP contribution in [-0.4, -0.2) is 31.7 Å². The Kier molecular flexibility index (Phi) is 3.93. The van der Waals surface area contributed by atoms with Gasteiger partial charge in [-0.15, -0.1) is 10.2 Å². The zero-order chi connectivity index (χ0) is 13.0. The average Bonchev–Trinajstić information content (AvgIpc) is 2.75. The van der Waals surface area contributed by atoms with Gasteiger partial charge in [0, 0.05) is 6.42 Å². The molecule has 0 aromatic carbocycles. The molecule has 0 saturated heterocycles. The zero-order valence-corrected chi connectivity index (χ0v) is 10.3. The molecule has 6 nitrogen and oxygen atoms in total. The Bertz CT molecular complexity index is 494. The summed E-state index contributed by atoms with van der Waals surface area (Å²) in [7, 11) is 1.72. The van der Waals surface area contributed by atoms with Crippen molar-refractivity contribution in [2.45, 2.75) is 19.4 Å². The van der Waals surface area contributed by atoms with Gasteiger partial charge >= 0.3 is 0 Å². The third-order valence-corrected chi connectivity index (χ3v) is 2.49. The molecule has 1 atom stereocenters. The molecule has 0 aliphatic heterocycles. The van der Waals surface area contributed by atoms with Gasteiger partial charge < -0.3 is 5.32 Å². The highest BCUT2D eigenvalue weighted by atomic mass is 19.1. The quantitative estimate of drug-likeness (QED) is 0.843. The predicted molar refractivity (Wildman–Crippen MR) is 63.1 cm³/mol. The topological polar surface area (TPSA) is 68.5 Å². The van der Waals surface area contributed by atoms with Crippen LogP contribution in [0.3, 0.4) is 0 Å². The van der Waals surface area contributed by atoms with Gasteiger partial charge in [0.15, 0.2) is 5.82 Å². The highest BCUT2D eigenvalue weighted by molar-refractivity contribution is 5.11. The number of rotatable bonds is 5. The molecular weight excluding hydrogens is 235 g/mol. The fourth-order valence-corrected chi connectivity index (χ4v) is 1.71. The van der Waals surface area contributed by atoms with Gasteiger partial charge in [-0.25, -0.2) is 4.39 Å². The molecule has 2 aromatic rings. The maximum absolute atomic E-state index is 12.8. The molecule has 1 unspecified atom stereocenters. The molecule has 0 radical (unpaired) electrons. The van der Waals surface area contributed by atoms with E-state index in [1.807, 2.05) is 6.92 Å². The molecule has 0 aliphatic rings. The Morgan fingerprint density at radius 3 is 2.83 bits per heavy atom. The lowest BCUT2D eigenvalue weighted by atomic mass is 10.1. The lowest BCUT2D eigenvalue weighted by molar-refractivity contribution is 0.519. The zero-order valence-electron chi connectivity index (χ0n) is 10.3. The fourth-order valence-electron chi connectivity index (χ4n) is 1.71. The number of nitrogens with one attached hydrogen (secondary N) is 1. The number of aromatic nitrogens is 5. The van der Waals surface area contributed by atoms with E-state index < -0.39 is 0 Å². The third kappa shape index (κ3) is 3.07. The summed E-state index contributed by atoms with van der Waals surface area (Å²) < 4.78 is 12.8. The largest absolute Gasteiger partial charge is 0.309 e. The van der Waals surface area contributed by atoms with E-state index in [-0.39, 0.29) is 11.9 Å². The van der Waals surface area contributed by atoms with Gasteiger partial charge in [-0.05, 0) is 23.9 Å². The van der Waals surface area contributed by atoms with E-state index in [9.17, 15) is 4.39 Å². The summed E-state index contributed by atoms with van der Waals surface area (Å²) in [4.78, 5) is 5.49. The van der Waals surface area contributed by atoms with Crippen molar-refractivity contribution >= 4 is 0 Å². The SMILES string of the molecule is CCNC(Cc1nnn(C)n1)c1ccc(F)cn1. The average molecular weight is 250 g/mol. The first-order valence-electron chi connectivity index (χ1n) is 5.76. The maximum atomic E-state index is 12.8. The minimum absolute atomic E-state index is 0.0419.